The Balaban J connectivity index is 1.95. The highest BCUT2D eigenvalue weighted by Gasteiger charge is 2.33. The Kier molecular flexibility index (Phi) is 5.33. The van der Waals surface area contributed by atoms with E-state index in [-0.39, 0.29) is 17.0 Å². The Morgan fingerprint density at radius 1 is 1.14 bits per heavy atom. The van der Waals surface area contributed by atoms with Crippen LogP contribution >= 0.6 is 11.6 Å². The molecule has 0 saturated heterocycles. The third-order valence-corrected chi connectivity index (χ3v) is 4.52. The molecule has 0 fully saturated rings. The minimum Gasteiger partial charge on any atom is -0.327 e. The van der Waals surface area contributed by atoms with Gasteiger partial charge in [-0.25, -0.2) is 4.79 Å². The summed E-state index contributed by atoms with van der Waals surface area (Å²) in [4.78, 5) is 24.7. The van der Waals surface area contributed by atoms with Gasteiger partial charge in [-0.05, 0) is 36.8 Å². The van der Waals surface area contributed by atoms with Gasteiger partial charge in [0.25, 0.3) is 5.91 Å². The molecule has 2 aromatic rings. The monoisotopic (exact) mass is 409 g/mol. The molecule has 0 aliphatic carbocycles. The number of nitrogens with one attached hydrogen (secondary N) is 3. The van der Waals surface area contributed by atoms with E-state index >= 15 is 0 Å². The molecule has 3 N–H and O–H groups in total. The summed E-state index contributed by atoms with van der Waals surface area (Å²) >= 11 is 6.20. The van der Waals surface area contributed by atoms with Crippen molar-refractivity contribution in [3.63, 3.8) is 0 Å². The van der Waals surface area contributed by atoms with Gasteiger partial charge in [0.2, 0.25) is 0 Å². The first kappa shape index (κ1) is 19.8. The van der Waals surface area contributed by atoms with Crippen LogP contribution in [0.5, 0.6) is 0 Å². The predicted molar refractivity (Wildman–Crippen MR) is 98.6 cm³/mol. The second-order valence-electron chi connectivity index (χ2n) is 6.12. The number of anilines is 1. The Hall–Kier alpha value is -3.00. The zero-order chi connectivity index (χ0) is 20.5. The summed E-state index contributed by atoms with van der Waals surface area (Å²) < 4.78 is 38.7. The number of carbonyl (C=O) groups is 2. The molecule has 1 atom stereocenters. The lowest BCUT2D eigenvalue weighted by molar-refractivity contribution is -0.137. The number of carbonyl (C=O) groups excluding carboxylic acids is 2. The van der Waals surface area contributed by atoms with Gasteiger partial charge in [0, 0.05) is 16.4 Å². The normalized spacial score (nSPS) is 17.0. The van der Waals surface area contributed by atoms with Crippen LogP contribution in [-0.2, 0) is 11.0 Å². The van der Waals surface area contributed by atoms with E-state index < -0.39 is 29.7 Å². The van der Waals surface area contributed by atoms with E-state index in [1.807, 2.05) is 0 Å². The third-order valence-electron chi connectivity index (χ3n) is 4.18. The molecule has 9 heteroatoms. The smallest absolute Gasteiger partial charge is 0.327 e. The van der Waals surface area contributed by atoms with Crippen LogP contribution in [0.3, 0.4) is 0 Å². The van der Waals surface area contributed by atoms with Gasteiger partial charge in [0.15, 0.2) is 0 Å². The molecule has 146 valence electrons. The van der Waals surface area contributed by atoms with Crippen molar-refractivity contribution in [2.45, 2.75) is 19.1 Å². The Morgan fingerprint density at radius 3 is 2.54 bits per heavy atom. The van der Waals surface area contributed by atoms with Gasteiger partial charge in [-0.1, -0.05) is 35.9 Å². The molecule has 0 radical (unpaired) electrons. The maximum absolute atomic E-state index is 12.9. The second-order valence-corrected chi connectivity index (χ2v) is 6.53. The zero-order valence-corrected chi connectivity index (χ0v) is 15.3. The summed E-state index contributed by atoms with van der Waals surface area (Å²) in [5.74, 6) is -0.658. The van der Waals surface area contributed by atoms with Crippen molar-refractivity contribution in [2.75, 3.05) is 5.32 Å². The van der Waals surface area contributed by atoms with Crippen molar-refractivity contribution >= 4 is 29.2 Å². The van der Waals surface area contributed by atoms with Crippen LogP contribution in [-0.4, -0.2) is 11.9 Å². The minimum atomic E-state index is -4.53. The van der Waals surface area contributed by atoms with Crippen molar-refractivity contribution in [1.82, 2.24) is 10.6 Å². The van der Waals surface area contributed by atoms with E-state index in [9.17, 15) is 22.8 Å². The maximum atomic E-state index is 12.9. The molecule has 1 unspecified atom stereocenters. The van der Waals surface area contributed by atoms with Crippen LogP contribution < -0.4 is 16.0 Å². The molecule has 2 aromatic carbocycles. The topological polar surface area (TPSA) is 70.2 Å². The summed E-state index contributed by atoms with van der Waals surface area (Å²) in [7, 11) is 0. The molecule has 3 rings (SSSR count). The molecule has 0 bridgehead atoms. The van der Waals surface area contributed by atoms with Crippen molar-refractivity contribution in [2.24, 2.45) is 0 Å². The fourth-order valence-corrected chi connectivity index (χ4v) is 3.15. The lowest BCUT2D eigenvalue weighted by atomic mass is 9.94. The van der Waals surface area contributed by atoms with Crippen molar-refractivity contribution in [3.8, 4) is 0 Å². The first-order valence-corrected chi connectivity index (χ1v) is 8.56. The average Bonchev–Trinajstić information content (AvgIpc) is 2.60. The van der Waals surface area contributed by atoms with Crippen molar-refractivity contribution < 1.29 is 22.8 Å². The predicted octanol–water partition coefficient (Wildman–Crippen LogP) is 4.63. The molecule has 3 amide bonds. The van der Waals surface area contributed by atoms with E-state index in [1.54, 1.807) is 24.3 Å². The van der Waals surface area contributed by atoms with Gasteiger partial charge in [0.1, 0.15) is 0 Å². The molecule has 28 heavy (non-hydrogen) atoms. The highest BCUT2D eigenvalue weighted by Crippen LogP contribution is 2.33. The third kappa shape index (κ3) is 4.12. The number of benzene rings is 2. The molecule has 1 heterocycles. The van der Waals surface area contributed by atoms with Gasteiger partial charge in [0.05, 0.1) is 17.2 Å². The molecule has 0 saturated carbocycles. The number of hydrogen-bond acceptors (Lipinski definition) is 2. The SMILES string of the molecule is CC1=C(C(=O)Nc2cccc(C(F)(F)F)c2)C(c2ccccc2Cl)NC(=O)N1. The second kappa shape index (κ2) is 7.55. The van der Waals surface area contributed by atoms with Crippen molar-refractivity contribution in [1.29, 1.82) is 0 Å². The van der Waals surface area contributed by atoms with Gasteiger partial charge in [-0.15, -0.1) is 0 Å². The minimum absolute atomic E-state index is 0.0186. The fraction of sp³-hybridized carbons (Fsp3) is 0.158. The van der Waals surface area contributed by atoms with Crippen LogP contribution in [0.4, 0.5) is 23.7 Å². The number of hydrogen-bond donors (Lipinski definition) is 3. The molecular formula is C19H15ClF3N3O2. The summed E-state index contributed by atoms with van der Waals surface area (Å²) in [6.07, 6.45) is -4.53. The van der Waals surface area contributed by atoms with Crippen LogP contribution in [0.15, 0.2) is 59.8 Å². The number of rotatable bonds is 3. The van der Waals surface area contributed by atoms with Gasteiger partial charge in [-0.3, -0.25) is 4.79 Å². The number of allylic oxidation sites excluding steroid dienone is 1. The van der Waals surface area contributed by atoms with Gasteiger partial charge < -0.3 is 16.0 Å². The first-order valence-electron chi connectivity index (χ1n) is 8.18. The summed E-state index contributed by atoms with van der Waals surface area (Å²) in [5, 5.41) is 7.92. The maximum Gasteiger partial charge on any atom is 0.416 e. The Bertz CT molecular complexity index is 973. The fourth-order valence-electron chi connectivity index (χ4n) is 2.91. The Morgan fingerprint density at radius 2 is 1.86 bits per heavy atom. The Labute approximate surface area is 163 Å². The summed E-state index contributed by atoms with van der Waals surface area (Å²) in [5.41, 5.74) is 0.0134. The highest BCUT2D eigenvalue weighted by molar-refractivity contribution is 6.31. The van der Waals surface area contributed by atoms with Crippen LogP contribution in [0, 0.1) is 0 Å². The average molecular weight is 410 g/mol. The number of amides is 3. The lowest BCUT2D eigenvalue weighted by Crippen LogP contribution is -2.46. The standard InChI is InChI=1S/C19H15ClF3N3O2/c1-10-15(16(26-18(28)24-10)13-7-2-3-8-14(13)20)17(27)25-12-6-4-5-11(9-12)19(21,22)23/h2-9,16H,1H3,(H,25,27)(H2,24,26,28). The number of alkyl halides is 3. The molecular weight excluding hydrogens is 395 g/mol. The summed E-state index contributed by atoms with van der Waals surface area (Å²) in [6, 6.07) is 9.61. The van der Waals surface area contributed by atoms with E-state index in [0.717, 1.165) is 12.1 Å². The highest BCUT2D eigenvalue weighted by atomic mass is 35.5. The van der Waals surface area contributed by atoms with E-state index in [0.29, 0.717) is 10.6 Å². The van der Waals surface area contributed by atoms with Crippen LogP contribution in [0.1, 0.15) is 24.1 Å². The molecule has 1 aliphatic rings. The van der Waals surface area contributed by atoms with Crippen LogP contribution in [0.2, 0.25) is 5.02 Å². The van der Waals surface area contributed by atoms with Crippen LogP contribution in [0.25, 0.3) is 0 Å². The largest absolute Gasteiger partial charge is 0.416 e. The van der Waals surface area contributed by atoms with E-state index in [2.05, 4.69) is 16.0 Å². The summed E-state index contributed by atoms with van der Waals surface area (Å²) in [6.45, 7) is 1.53. The number of urea groups is 1. The number of halogens is 4. The first-order chi connectivity index (χ1) is 13.2. The molecule has 5 nitrogen and oxygen atoms in total. The zero-order valence-electron chi connectivity index (χ0n) is 14.5. The lowest BCUT2D eigenvalue weighted by Gasteiger charge is -2.29. The van der Waals surface area contributed by atoms with Gasteiger partial charge in [-0.2, -0.15) is 13.2 Å². The molecule has 0 spiro atoms. The van der Waals surface area contributed by atoms with Gasteiger partial charge >= 0.3 is 12.2 Å². The van der Waals surface area contributed by atoms with Crippen molar-refractivity contribution in [3.05, 3.63) is 76.0 Å². The van der Waals surface area contributed by atoms with E-state index in [1.165, 1.54) is 19.1 Å². The quantitative estimate of drug-likeness (QED) is 0.692. The molecule has 0 aromatic heterocycles. The molecule has 1 aliphatic heterocycles. The van der Waals surface area contributed by atoms with E-state index in [4.69, 9.17) is 11.6 Å².